The van der Waals surface area contributed by atoms with E-state index in [9.17, 15) is 9.90 Å². The van der Waals surface area contributed by atoms with Crippen molar-refractivity contribution in [2.45, 2.75) is 38.3 Å². The van der Waals surface area contributed by atoms with E-state index in [1.54, 1.807) is 0 Å². The minimum atomic E-state index is -0.598. The quantitative estimate of drug-likeness (QED) is 0.889. The molecule has 2 aliphatic heterocycles. The average molecular weight is 245 g/mol. The van der Waals surface area contributed by atoms with Crippen LogP contribution in [0.15, 0.2) is 30.3 Å². The summed E-state index contributed by atoms with van der Waals surface area (Å²) in [4.78, 5) is 13.9. The summed E-state index contributed by atoms with van der Waals surface area (Å²) in [5.41, 5.74) is 0.814. The number of carboxylic acids is 1. The summed E-state index contributed by atoms with van der Waals surface area (Å²) in [7, 11) is 0. The minimum Gasteiger partial charge on any atom is -0.481 e. The van der Waals surface area contributed by atoms with Crippen molar-refractivity contribution in [3.63, 3.8) is 0 Å². The third kappa shape index (κ3) is 1.93. The Morgan fingerprint density at radius 2 is 1.94 bits per heavy atom. The van der Waals surface area contributed by atoms with E-state index in [0.29, 0.717) is 6.04 Å². The van der Waals surface area contributed by atoms with Crippen molar-refractivity contribution in [1.82, 2.24) is 4.90 Å². The number of hydrogen-bond donors (Lipinski definition) is 1. The summed E-state index contributed by atoms with van der Waals surface area (Å²) >= 11 is 0. The zero-order valence-corrected chi connectivity index (χ0v) is 10.5. The lowest BCUT2D eigenvalue weighted by atomic mass is 9.67. The van der Waals surface area contributed by atoms with Crippen LogP contribution in [0, 0.1) is 5.41 Å². The SMILES string of the molecule is O=C(O)C12CCC(CC1)N(Cc1ccccc1)C2. The van der Waals surface area contributed by atoms with Gasteiger partial charge in [0, 0.05) is 19.1 Å². The summed E-state index contributed by atoms with van der Waals surface area (Å²) in [5.74, 6) is -0.598. The molecule has 1 aliphatic carbocycles. The third-order valence-electron chi connectivity index (χ3n) is 4.62. The second kappa shape index (κ2) is 4.39. The molecular weight excluding hydrogens is 226 g/mol. The van der Waals surface area contributed by atoms with E-state index >= 15 is 0 Å². The molecule has 0 amide bonds. The Kier molecular flexibility index (Phi) is 2.86. The molecule has 0 spiro atoms. The molecule has 3 heteroatoms. The Labute approximate surface area is 107 Å². The number of fused-ring (bicyclic) bond motifs is 3. The maximum Gasteiger partial charge on any atom is 0.310 e. The first-order chi connectivity index (χ1) is 8.70. The fourth-order valence-corrected chi connectivity index (χ4v) is 3.48. The van der Waals surface area contributed by atoms with E-state index in [1.165, 1.54) is 5.56 Å². The van der Waals surface area contributed by atoms with Crippen molar-refractivity contribution >= 4 is 5.97 Å². The van der Waals surface area contributed by atoms with Gasteiger partial charge in [0.15, 0.2) is 0 Å². The predicted molar refractivity (Wildman–Crippen MR) is 69.2 cm³/mol. The van der Waals surface area contributed by atoms with Crippen molar-refractivity contribution in [2.75, 3.05) is 6.54 Å². The maximum atomic E-state index is 11.5. The highest BCUT2D eigenvalue weighted by atomic mass is 16.4. The topological polar surface area (TPSA) is 40.5 Å². The molecule has 0 aromatic heterocycles. The lowest BCUT2D eigenvalue weighted by Gasteiger charge is -2.50. The smallest absolute Gasteiger partial charge is 0.310 e. The van der Waals surface area contributed by atoms with Gasteiger partial charge in [-0.1, -0.05) is 30.3 Å². The van der Waals surface area contributed by atoms with Gasteiger partial charge in [0.05, 0.1) is 5.41 Å². The van der Waals surface area contributed by atoms with Crippen LogP contribution in [0.25, 0.3) is 0 Å². The molecule has 2 bridgehead atoms. The molecule has 3 aliphatic rings. The molecule has 2 saturated heterocycles. The summed E-state index contributed by atoms with van der Waals surface area (Å²) in [6, 6.07) is 10.9. The Hall–Kier alpha value is -1.35. The number of aliphatic carboxylic acids is 1. The van der Waals surface area contributed by atoms with E-state index in [0.717, 1.165) is 38.8 Å². The standard InChI is InChI=1S/C15H19NO2/c17-14(18)15-8-6-13(7-9-15)16(11-15)10-12-4-2-1-3-5-12/h1-5,13H,6-11H2,(H,17,18). The molecule has 4 rings (SSSR count). The molecule has 2 heterocycles. The normalized spacial score (nSPS) is 31.4. The molecule has 1 saturated carbocycles. The fourth-order valence-electron chi connectivity index (χ4n) is 3.48. The highest BCUT2D eigenvalue weighted by molar-refractivity contribution is 5.75. The molecule has 0 atom stereocenters. The number of rotatable bonds is 3. The van der Waals surface area contributed by atoms with Gasteiger partial charge in [-0.25, -0.2) is 0 Å². The number of benzene rings is 1. The summed E-state index contributed by atoms with van der Waals surface area (Å²) < 4.78 is 0. The van der Waals surface area contributed by atoms with Crippen LogP contribution < -0.4 is 0 Å². The van der Waals surface area contributed by atoms with Gasteiger partial charge in [-0.15, -0.1) is 0 Å². The van der Waals surface area contributed by atoms with Crippen molar-refractivity contribution in [1.29, 1.82) is 0 Å². The van der Waals surface area contributed by atoms with Crippen LogP contribution in [-0.2, 0) is 11.3 Å². The number of hydrogen-bond acceptors (Lipinski definition) is 2. The van der Waals surface area contributed by atoms with Crippen LogP contribution >= 0.6 is 0 Å². The van der Waals surface area contributed by atoms with Gasteiger partial charge in [-0.2, -0.15) is 0 Å². The lowest BCUT2D eigenvalue weighted by molar-refractivity contribution is -0.159. The Morgan fingerprint density at radius 1 is 1.28 bits per heavy atom. The fraction of sp³-hybridized carbons (Fsp3) is 0.533. The van der Waals surface area contributed by atoms with E-state index < -0.39 is 11.4 Å². The number of nitrogens with zero attached hydrogens (tertiary/aromatic N) is 1. The lowest BCUT2D eigenvalue weighted by Crippen LogP contribution is -2.56. The van der Waals surface area contributed by atoms with Crippen molar-refractivity contribution in [3.8, 4) is 0 Å². The van der Waals surface area contributed by atoms with Gasteiger partial charge >= 0.3 is 5.97 Å². The zero-order valence-electron chi connectivity index (χ0n) is 10.5. The van der Waals surface area contributed by atoms with Crippen LogP contribution in [0.2, 0.25) is 0 Å². The Balaban J connectivity index is 1.76. The van der Waals surface area contributed by atoms with Crippen molar-refractivity contribution < 1.29 is 9.90 Å². The number of piperidine rings is 2. The van der Waals surface area contributed by atoms with E-state index in [2.05, 4.69) is 17.0 Å². The summed E-state index contributed by atoms with van der Waals surface area (Å²) in [6.45, 7) is 1.61. The third-order valence-corrected chi connectivity index (χ3v) is 4.62. The Morgan fingerprint density at radius 3 is 2.56 bits per heavy atom. The molecule has 3 fully saturated rings. The molecular formula is C15H19NO2. The van der Waals surface area contributed by atoms with Crippen LogP contribution in [0.5, 0.6) is 0 Å². The molecule has 96 valence electrons. The molecule has 1 N–H and O–H groups in total. The van der Waals surface area contributed by atoms with Gasteiger partial charge in [0.2, 0.25) is 0 Å². The molecule has 18 heavy (non-hydrogen) atoms. The number of carboxylic acid groups (broad SMARTS) is 1. The summed E-state index contributed by atoms with van der Waals surface area (Å²) in [5, 5.41) is 9.47. The first-order valence-corrected chi connectivity index (χ1v) is 6.71. The van der Waals surface area contributed by atoms with Crippen LogP contribution in [0.1, 0.15) is 31.2 Å². The highest BCUT2D eigenvalue weighted by Crippen LogP contribution is 2.45. The second-order valence-electron chi connectivity index (χ2n) is 5.71. The predicted octanol–water partition coefficient (Wildman–Crippen LogP) is 2.52. The van der Waals surface area contributed by atoms with E-state index in [-0.39, 0.29) is 0 Å². The number of carbonyl (C=O) groups is 1. The van der Waals surface area contributed by atoms with Gasteiger partial charge in [-0.05, 0) is 31.2 Å². The first-order valence-electron chi connectivity index (χ1n) is 6.71. The van der Waals surface area contributed by atoms with Crippen molar-refractivity contribution in [3.05, 3.63) is 35.9 Å². The highest BCUT2D eigenvalue weighted by Gasteiger charge is 2.49. The van der Waals surface area contributed by atoms with Crippen LogP contribution in [-0.4, -0.2) is 28.6 Å². The van der Waals surface area contributed by atoms with Gasteiger partial charge < -0.3 is 5.11 Å². The zero-order chi connectivity index (χ0) is 12.6. The van der Waals surface area contributed by atoms with Gasteiger partial charge in [0.25, 0.3) is 0 Å². The first kappa shape index (κ1) is 11.7. The maximum absolute atomic E-state index is 11.5. The molecule has 1 aromatic carbocycles. The van der Waals surface area contributed by atoms with Crippen molar-refractivity contribution in [2.24, 2.45) is 5.41 Å². The van der Waals surface area contributed by atoms with Gasteiger partial charge in [-0.3, -0.25) is 9.69 Å². The van der Waals surface area contributed by atoms with Gasteiger partial charge in [0.1, 0.15) is 0 Å². The van der Waals surface area contributed by atoms with E-state index in [4.69, 9.17) is 0 Å². The molecule has 3 nitrogen and oxygen atoms in total. The second-order valence-corrected chi connectivity index (χ2v) is 5.71. The average Bonchev–Trinajstić information content (AvgIpc) is 2.41. The van der Waals surface area contributed by atoms with E-state index in [1.807, 2.05) is 18.2 Å². The molecule has 0 radical (unpaired) electrons. The largest absolute Gasteiger partial charge is 0.481 e. The van der Waals surface area contributed by atoms with Crippen LogP contribution in [0.3, 0.4) is 0 Å². The molecule has 0 unspecified atom stereocenters. The minimum absolute atomic E-state index is 0.469. The molecule has 1 aromatic rings. The summed E-state index contributed by atoms with van der Waals surface area (Å²) in [6.07, 6.45) is 3.80. The monoisotopic (exact) mass is 245 g/mol. The Bertz CT molecular complexity index is 435. The van der Waals surface area contributed by atoms with Crippen LogP contribution in [0.4, 0.5) is 0 Å².